The van der Waals surface area contributed by atoms with Crippen molar-refractivity contribution >= 4 is 86.7 Å². The number of hydrogen-bond acceptors (Lipinski definition) is 0. The van der Waals surface area contributed by atoms with Crippen LogP contribution in [0.2, 0.25) is 0 Å². The number of rotatable bonds is 2. The molecule has 0 bridgehead atoms. The summed E-state index contributed by atoms with van der Waals surface area (Å²) in [6.45, 7) is 0. The highest BCUT2D eigenvalue weighted by Crippen LogP contribution is 2.40. The third kappa shape index (κ3) is 3.46. The molecular formula is C46H28N2. The molecule has 11 rings (SSSR count). The SMILES string of the molecule is c1ccc2c(c1)c1ccccc1n2-c1ccc2ccc3ccc4ccc5ccc(-n6c7ccccc7c7ccccc76)cc5c4c3c2c1. The zero-order valence-corrected chi connectivity index (χ0v) is 26.1. The van der Waals surface area contributed by atoms with Gasteiger partial charge in [0, 0.05) is 32.9 Å². The van der Waals surface area contributed by atoms with E-state index in [1.165, 1.54) is 98.1 Å². The fourth-order valence-electron chi connectivity index (χ4n) is 8.34. The summed E-state index contributed by atoms with van der Waals surface area (Å²) in [5, 5.41) is 15.3. The van der Waals surface area contributed by atoms with Gasteiger partial charge in [0.2, 0.25) is 0 Å². The van der Waals surface area contributed by atoms with Crippen molar-refractivity contribution < 1.29 is 0 Å². The van der Waals surface area contributed by atoms with Crippen molar-refractivity contribution in [3.63, 3.8) is 0 Å². The minimum Gasteiger partial charge on any atom is -0.309 e. The molecule has 0 aliphatic rings. The molecule has 0 unspecified atom stereocenters. The molecule has 0 aliphatic carbocycles. The van der Waals surface area contributed by atoms with Crippen molar-refractivity contribution in [2.24, 2.45) is 0 Å². The first-order valence-electron chi connectivity index (χ1n) is 16.6. The van der Waals surface area contributed by atoms with Crippen molar-refractivity contribution in [2.45, 2.75) is 0 Å². The molecule has 0 N–H and O–H groups in total. The lowest BCUT2D eigenvalue weighted by molar-refractivity contribution is 1.19. The summed E-state index contributed by atoms with van der Waals surface area (Å²) in [5.74, 6) is 0. The van der Waals surface area contributed by atoms with Gasteiger partial charge in [-0.1, -0.05) is 121 Å². The van der Waals surface area contributed by atoms with Crippen molar-refractivity contribution in [3.05, 3.63) is 170 Å². The Hall–Kier alpha value is -6.38. The van der Waals surface area contributed by atoms with E-state index in [0.29, 0.717) is 0 Å². The Balaban J connectivity index is 1.25. The smallest absolute Gasteiger partial charge is 0.0541 e. The number of benzene rings is 9. The third-order valence-electron chi connectivity index (χ3n) is 10.4. The maximum atomic E-state index is 2.42. The second-order valence-electron chi connectivity index (χ2n) is 12.9. The van der Waals surface area contributed by atoms with Crippen LogP contribution in [-0.2, 0) is 0 Å². The van der Waals surface area contributed by atoms with Gasteiger partial charge in [-0.2, -0.15) is 0 Å². The van der Waals surface area contributed by atoms with E-state index in [-0.39, 0.29) is 0 Å². The Kier molecular flexibility index (Phi) is 5.14. The number of fused-ring (bicyclic) bond motifs is 13. The molecular weight excluding hydrogens is 581 g/mol. The molecule has 9 aromatic carbocycles. The molecule has 0 amide bonds. The first-order chi connectivity index (χ1) is 23.8. The van der Waals surface area contributed by atoms with Crippen molar-refractivity contribution in [1.29, 1.82) is 0 Å². The zero-order valence-electron chi connectivity index (χ0n) is 26.1. The predicted molar refractivity (Wildman–Crippen MR) is 205 cm³/mol. The van der Waals surface area contributed by atoms with Crippen molar-refractivity contribution in [3.8, 4) is 11.4 Å². The standard InChI is InChI=1S/C46H28N2/c1-5-13-41-35(9-1)36-10-2-6-14-42(36)47(41)33-25-23-29-17-19-31-21-22-32-20-18-30-24-26-34(28-40(30)46(32)45(31)39(29)27-33)48-43-15-7-3-11-37(43)38-12-4-8-16-44(38)48/h1-28H. The van der Waals surface area contributed by atoms with E-state index in [4.69, 9.17) is 0 Å². The fourth-order valence-corrected chi connectivity index (χ4v) is 8.34. The maximum absolute atomic E-state index is 2.42. The molecule has 2 heteroatoms. The van der Waals surface area contributed by atoms with Gasteiger partial charge in [-0.15, -0.1) is 0 Å². The molecule has 0 radical (unpaired) electrons. The molecule has 0 fully saturated rings. The monoisotopic (exact) mass is 608 g/mol. The fraction of sp³-hybridized carbons (Fsp3) is 0. The average molecular weight is 609 g/mol. The van der Waals surface area contributed by atoms with E-state index in [0.717, 1.165) is 0 Å². The van der Waals surface area contributed by atoms with E-state index < -0.39 is 0 Å². The second kappa shape index (κ2) is 9.57. The molecule has 0 saturated carbocycles. The van der Waals surface area contributed by atoms with Crippen molar-refractivity contribution in [2.75, 3.05) is 0 Å². The average Bonchev–Trinajstić information content (AvgIpc) is 3.67. The van der Waals surface area contributed by atoms with E-state index in [1.54, 1.807) is 0 Å². The van der Waals surface area contributed by atoms with Crippen LogP contribution in [0.3, 0.4) is 0 Å². The van der Waals surface area contributed by atoms with Crippen LogP contribution in [0.15, 0.2) is 170 Å². The van der Waals surface area contributed by atoms with Crippen LogP contribution < -0.4 is 0 Å². The number of hydrogen-bond donors (Lipinski definition) is 0. The number of aromatic nitrogens is 2. The predicted octanol–water partition coefficient (Wildman–Crippen LogP) is 12.5. The Morgan fingerprint density at radius 2 is 0.542 bits per heavy atom. The quantitative estimate of drug-likeness (QED) is 0.173. The summed E-state index contributed by atoms with van der Waals surface area (Å²) in [7, 11) is 0. The Labute approximate surface area is 276 Å². The normalized spacial score (nSPS) is 12.2. The van der Waals surface area contributed by atoms with Gasteiger partial charge in [0.15, 0.2) is 0 Å². The van der Waals surface area contributed by atoms with E-state index in [9.17, 15) is 0 Å². The van der Waals surface area contributed by atoms with Crippen LogP contribution in [0.25, 0.3) is 98.1 Å². The molecule has 0 atom stereocenters. The summed E-state index contributed by atoms with van der Waals surface area (Å²) >= 11 is 0. The van der Waals surface area contributed by atoms with Gasteiger partial charge in [0.05, 0.1) is 22.1 Å². The molecule has 11 aromatic rings. The summed E-state index contributed by atoms with van der Waals surface area (Å²) in [6, 6.07) is 62.6. The molecule has 2 heterocycles. The molecule has 2 aromatic heterocycles. The van der Waals surface area contributed by atoms with Gasteiger partial charge in [-0.25, -0.2) is 0 Å². The maximum Gasteiger partial charge on any atom is 0.0541 e. The first kappa shape index (κ1) is 25.8. The van der Waals surface area contributed by atoms with Gasteiger partial charge in [-0.05, 0) is 91.6 Å². The zero-order chi connectivity index (χ0) is 31.3. The third-order valence-corrected chi connectivity index (χ3v) is 10.4. The van der Waals surface area contributed by atoms with Crippen LogP contribution in [-0.4, -0.2) is 9.13 Å². The number of para-hydroxylation sites is 4. The highest BCUT2D eigenvalue weighted by molar-refractivity contribution is 6.28. The van der Waals surface area contributed by atoms with Gasteiger partial charge < -0.3 is 9.13 Å². The lowest BCUT2D eigenvalue weighted by Crippen LogP contribution is -1.95. The summed E-state index contributed by atoms with van der Waals surface area (Å²) in [5.41, 5.74) is 7.26. The lowest BCUT2D eigenvalue weighted by Gasteiger charge is -2.15. The van der Waals surface area contributed by atoms with Crippen LogP contribution >= 0.6 is 0 Å². The molecule has 48 heavy (non-hydrogen) atoms. The summed E-state index contributed by atoms with van der Waals surface area (Å²) in [4.78, 5) is 0. The molecule has 0 aliphatic heterocycles. The highest BCUT2D eigenvalue weighted by Gasteiger charge is 2.16. The van der Waals surface area contributed by atoms with E-state index in [2.05, 4.69) is 179 Å². The van der Waals surface area contributed by atoms with E-state index >= 15 is 0 Å². The molecule has 222 valence electrons. The van der Waals surface area contributed by atoms with Crippen LogP contribution in [0, 0.1) is 0 Å². The summed E-state index contributed by atoms with van der Waals surface area (Å²) < 4.78 is 4.85. The van der Waals surface area contributed by atoms with Crippen LogP contribution in [0.1, 0.15) is 0 Å². The topological polar surface area (TPSA) is 9.86 Å². The Morgan fingerprint density at radius 1 is 0.250 bits per heavy atom. The molecule has 0 spiro atoms. The first-order valence-corrected chi connectivity index (χ1v) is 16.6. The minimum absolute atomic E-state index is 1.18. The lowest BCUT2D eigenvalue weighted by atomic mass is 9.92. The highest BCUT2D eigenvalue weighted by atomic mass is 15.0. The molecule has 2 nitrogen and oxygen atoms in total. The van der Waals surface area contributed by atoms with Crippen LogP contribution in [0.4, 0.5) is 0 Å². The Bertz CT molecular complexity index is 2790. The van der Waals surface area contributed by atoms with Gasteiger partial charge >= 0.3 is 0 Å². The Morgan fingerprint density at radius 3 is 0.896 bits per heavy atom. The summed E-state index contributed by atoms with van der Waals surface area (Å²) in [6.07, 6.45) is 0. The number of nitrogens with zero attached hydrogens (tertiary/aromatic N) is 2. The molecule has 0 saturated heterocycles. The van der Waals surface area contributed by atoms with Gasteiger partial charge in [0.1, 0.15) is 0 Å². The van der Waals surface area contributed by atoms with E-state index in [1.807, 2.05) is 0 Å². The van der Waals surface area contributed by atoms with Crippen LogP contribution in [0.5, 0.6) is 0 Å². The van der Waals surface area contributed by atoms with Crippen molar-refractivity contribution in [1.82, 2.24) is 9.13 Å². The van der Waals surface area contributed by atoms with Gasteiger partial charge in [-0.3, -0.25) is 0 Å². The largest absolute Gasteiger partial charge is 0.309 e. The van der Waals surface area contributed by atoms with Gasteiger partial charge in [0.25, 0.3) is 0 Å². The second-order valence-corrected chi connectivity index (χ2v) is 12.9. The minimum atomic E-state index is 1.18.